The Morgan fingerprint density at radius 2 is 1.52 bits per heavy atom. The summed E-state index contributed by atoms with van der Waals surface area (Å²) in [5.41, 5.74) is 1.92. The Morgan fingerprint density at radius 3 is 2.07 bits per heavy atom. The molecular formula is C19H21ClN4O3. The molecule has 0 saturated carbocycles. The van der Waals surface area contributed by atoms with Gasteiger partial charge in [0.15, 0.2) is 0 Å². The van der Waals surface area contributed by atoms with Crippen LogP contribution in [0.3, 0.4) is 0 Å². The van der Waals surface area contributed by atoms with Crippen LogP contribution in [0, 0.1) is 0 Å². The Labute approximate surface area is 162 Å². The maximum atomic E-state index is 12.1. The second-order valence-electron chi connectivity index (χ2n) is 6.14. The Bertz CT molecular complexity index is 775. The zero-order valence-electron chi connectivity index (χ0n) is 14.6. The summed E-state index contributed by atoms with van der Waals surface area (Å²) in [6.45, 7) is 1.98. The van der Waals surface area contributed by atoms with Gasteiger partial charge in [0.05, 0.1) is 13.2 Å². The third kappa shape index (κ3) is 6.25. The van der Waals surface area contributed by atoms with E-state index in [9.17, 15) is 9.59 Å². The lowest BCUT2D eigenvalue weighted by atomic mass is 10.2. The second-order valence-corrected chi connectivity index (χ2v) is 6.58. The Balaban J connectivity index is 1.47. The SMILES string of the molecule is O=C(CC1COCCN1)Nc1ccc(NC(=O)Nc2ccc(Cl)cc2)cc1. The van der Waals surface area contributed by atoms with Crippen LogP contribution in [0.1, 0.15) is 6.42 Å². The topological polar surface area (TPSA) is 91.5 Å². The van der Waals surface area contributed by atoms with Gasteiger partial charge in [0, 0.05) is 41.1 Å². The number of rotatable bonds is 5. The lowest BCUT2D eigenvalue weighted by Gasteiger charge is -2.23. The number of carbonyl (C=O) groups excluding carboxylic acids is 2. The molecule has 3 rings (SSSR count). The number of morpholine rings is 1. The zero-order valence-corrected chi connectivity index (χ0v) is 15.4. The number of carbonyl (C=O) groups is 2. The number of amides is 3. The summed E-state index contributed by atoms with van der Waals surface area (Å²) in [6.07, 6.45) is 0.351. The fraction of sp³-hybridized carbons (Fsp3) is 0.263. The maximum Gasteiger partial charge on any atom is 0.323 e. The van der Waals surface area contributed by atoms with Gasteiger partial charge in [0.1, 0.15) is 0 Å². The summed E-state index contributed by atoms with van der Waals surface area (Å²) in [5, 5.41) is 12.1. The highest BCUT2D eigenvalue weighted by atomic mass is 35.5. The Morgan fingerprint density at radius 1 is 0.963 bits per heavy atom. The average molecular weight is 389 g/mol. The molecule has 0 aromatic heterocycles. The number of hydrogen-bond donors (Lipinski definition) is 4. The van der Waals surface area contributed by atoms with Gasteiger partial charge in [-0.1, -0.05) is 11.6 Å². The molecule has 1 heterocycles. The van der Waals surface area contributed by atoms with Gasteiger partial charge >= 0.3 is 6.03 Å². The average Bonchev–Trinajstić information content (AvgIpc) is 2.66. The molecule has 2 aromatic carbocycles. The van der Waals surface area contributed by atoms with Crippen molar-refractivity contribution in [1.29, 1.82) is 0 Å². The van der Waals surface area contributed by atoms with Crippen molar-refractivity contribution in [3.8, 4) is 0 Å². The van der Waals surface area contributed by atoms with Crippen LogP contribution in [-0.4, -0.2) is 37.7 Å². The minimum absolute atomic E-state index is 0.0382. The van der Waals surface area contributed by atoms with E-state index in [4.69, 9.17) is 16.3 Å². The highest BCUT2D eigenvalue weighted by Crippen LogP contribution is 2.16. The second kappa shape index (κ2) is 9.36. The van der Waals surface area contributed by atoms with Crippen LogP contribution >= 0.6 is 11.6 Å². The van der Waals surface area contributed by atoms with E-state index in [2.05, 4.69) is 21.3 Å². The molecule has 0 bridgehead atoms. The van der Waals surface area contributed by atoms with Crippen molar-refractivity contribution in [2.24, 2.45) is 0 Å². The van der Waals surface area contributed by atoms with E-state index in [1.54, 1.807) is 48.5 Å². The van der Waals surface area contributed by atoms with Crippen molar-refractivity contribution >= 4 is 40.6 Å². The van der Waals surface area contributed by atoms with Crippen LogP contribution in [0.2, 0.25) is 5.02 Å². The molecule has 0 radical (unpaired) electrons. The Hall–Kier alpha value is -2.61. The molecule has 1 fully saturated rings. The third-order valence-corrected chi connectivity index (χ3v) is 4.21. The zero-order chi connectivity index (χ0) is 19.1. The normalized spacial score (nSPS) is 16.4. The third-order valence-electron chi connectivity index (χ3n) is 3.96. The van der Waals surface area contributed by atoms with Crippen LogP contribution in [0.15, 0.2) is 48.5 Å². The van der Waals surface area contributed by atoms with Gasteiger partial charge in [-0.2, -0.15) is 0 Å². The van der Waals surface area contributed by atoms with Gasteiger partial charge in [0.25, 0.3) is 0 Å². The summed E-state index contributed by atoms with van der Waals surface area (Å²) in [7, 11) is 0. The van der Waals surface area contributed by atoms with Crippen molar-refractivity contribution in [2.45, 2.75) is 12.5 Å². The highest BCUT2D eigenvalue weighted by Gasteiger charge is 2.16. The fourth-order valence-electron chi connectivity index (χ4n) is 2.65. The van der Waals surface area contributed by atoms with Crippen molar-refractivity contribution in [1.82, 2.24) is 5.32 Å². The molecule has 7 nitrogen and oxygen atoms in total. The number of ether oxygens (including phenoxy) is 1. The predicted octanol–water partition coefficient (Wildman–Crippen LogP) is 3.30. The molecule has 1 atom stereocenters. The van der Waals surface area contributed by atoms with E-state index in [0.717, 1.165) is 6.54 Å². The van der Waals surface area contributed by atoms with E-state index in [1.165, 1.54) is 0 Å². The monoisotopic (exact) mass is 388 g/mol. The molecule has 142 valence electrons. The van der Waals surface area contributed by atoms with Gasteiger partial charge < -0.3 is 26.0 Å². The van der Waals surface area contributed by atoms with Crippen molar-refractivity contribution in [2.75, 3.05) is 35.7 Å². The van der Waals surface area contributed by atoms with Crippen LogP contribution in [0.25, 0.3) is 0 Å². The van der Waals surface area contributed by atoms with Crippen molar-refractivity contribution in [3.63, 3.8) is 0 Å². The fourth-order valence-corrected chi connectivity index (χ4v) is 2.78. The molecule has 1 aliphatic rings. The Kier molecular flexibility index (Phi) is 6.64. The summed E-state index contributed by atoms with van der Waals surface area (Å²) in [4.78, 5) is 24.1. The minimum atomic E-state index is -0.363. The molecule has 1 aliphatic heterocycles. The van der Waals surface area contributed by atoms with E-state index < -0.39 is 0 Å². The van der Waals surface area contributed by atoms with Gasteiger partial charge in [-0.3, -0.25) is 4.79 Å². The molecule has 1 saturated heterocycles. The largest absolute Gasteiger partial charge is 0.378 e. The first-order valence-electron chi connectivity index (χ1n) is 8.63. The van der Waals surface area contributed by atoms with Gasteiger partial charge in [0.2, 0.25) is 5.91 Å². The molecule has 1 unspecified atom stereocenters. The van der Waals surface area contributed by atoms with Crippen molar-refractivity contribution in [3.05, 3.63) is 53.6 Å². The van der Waals surface area contributed by atoms with E-state index >= 15 is 0 Å². The number of nitrogens with one attached hydrogen (secondary N) is 4. The van der Waals surface area contributed by atoms with Crippen molar-refractivity contribution < 1.29 is 14.3 Å². The lowest BCUT2D eigenvalue weighted by molar-refractivity contribution is -0.117. The van der Waals surface area contributed by atoms with Gasteiger partial charge in [-0.15, -0.1) is 0 Å². The summed E-state index contributed by atoms with van der Waals surface area (Å²) < 4.78 is 5.34. The molecule has 3 amide bonds. The number of urea groups is 1. The highest BCUT2D eigenvalue weighted by molar-refractivity contribution is 6.30. The molecule has 0 aliphatic carbocycles. The first kappa shape index (κ1) is 19.2. The number of halogens is 1. The summed E-state index contributed by atoms with van der Waals surface area (Å²) in [6, 6.07) is 13.4. The molecular weight excluding hydrogens is 368 g/mol. The molecule has 27 heavy (non-hydrogen) atoms. The van der Waals surface area contributed by atoms with Crippen LogP contribution in [-0.2, 0) is 9.53 Å². The molecule has 0 spiro atoms. The first-order chi connectivity index (χ1) is 13.1. The van der Waals surface area contributed by atoms with Gasteiger partial charge in [-0.25, -0.2) is 4.79 Å². The quantitative estimate of drug-likeness (QED) is 0.632. The number of hydrogen-bond acceptors (Lipinski definition) is 4. The smallest absolute Gasteiger partial charge is 0.323 e. The summed E-state index contributed by atoms with van der Waals surface area (Å²) >= 11 is 5.82. The first-order valence-corrected chi connectivity index (χ1v) is 9.01. The van der Waals surface area contributed by atoms with Crippen LogP contribution < -0.4 is 21.3 Å². The molecule has 4 N–H and O–H groups in total. The lowest BCUT2D eigenvalue weighted by Crippen LogP contribution is -2.43. The van der Waals surface area contributed by atoms with Crippen LogP contribution in [0.5, 0.6) is 0 Å². The molecule has 8 heteroatoms. The number of benzene rings is 2. The van der Waals surface area contributed by atoms with Gasteiger partial charge in [-0.05, 0) is 48.5 Å². The van der Waals surface area contributed by atoms with E-state index in [-0.39, 0.29) is 18.0 Å². The van der Waals surface area contributed by atoms with E-state index in [1.807, 2.05) is 0 Å². The maximum absolute atomic E-state index is 12.1. The summed E-state index contributed by atoms with van der Waals surface area (Å²) in [5.74, 6) is -0.0841. The number of anilines is 3. The molecule has 2 aromatic rings. The predicted molar refractivity (Wildman–Crippen MR) is 106 cm³/mol. The van der Waals surface area contributed by atoms with Crippen LogP contribution in [0.4, 0.5) is 21.9 Å². The van der Waals surface area contributed by atoms with E-state index in [0.29, 0.717) is 41.7 Å². The standard InChI is InChI=1S/C19H21ClN4O3/c20-13-1-3-15(4-2-13)23-19(26)24-16-7-5-14(6-8-16)22-18(25)11-17-12-27-10-9-21-17/h1-8,17,21H,9-12H2,(H,22,25)(H2,23,24,26). The minimum Gasteiger partial charge on any atom is -0.378 e.